The maximum atomic E-state index is 11.5. The second-order valence-corrected chi connectivity index (χ2v) is 9.67. The fourth-order valence-electron chi connectivity index (χ4n) is 4.96. The van der Waals surface area contributed by atoms with Gasteiger partial charge in [0.05, 0.1) is 0 Å². The highest BCUT2D eigenvalue weighted by Gasteiger charge is 2.33. The number of rotatable bonds is 9. The Hall–Kier alpha value is -4.27. The number of nitrogens with one attached hydrogen (secondary N) is 1. The Balaban J connectivity index is 1.42. The van der Waals surface area contributed by atoms with E-state index < -0.39 is 18.1 Å². The zero-order valence-electron chi connectivity index (χ0n) is 22.0. The number of hydrogen-bond acceptors (Lipinski definition) is 7. The van der Waals surface area contributed by atoms with E-state index in [0.717, 1.165) is 52.9 Å². The van der Waals surface area contributed by atoms with Crippen LogP contribution in [0.4, 0.5) is 0 Å². The highest BCUT2D eigenvalue weighted by atomic mass is 16.5. The van der Waals surface area contributed by atoms with Gasteiger partial charge in [-0.25, -0.2) is 9.79 Å². The zero-order chi connectivity index (χ0) is 27.4. The van der Waals surface area contributed by atoms with Gasteiger partial charge in [-0.15, -0.1) is 0 Å². The van der Waals surface area contributed by atoms with Crippen LogP contribution < -0.4 is 5.76 Å². The maximum absolute atomic E-state index is 11.5. The summed E-state index contributed by atoms with van der Waals surface area (Å²) < 4.78 is 4.70. The lowest BCUT2D eigenvalue weighted by Crippen LogP contribution is -2.44. The standard InChI is InChI=1S/C31H32N4O4/c1-3-4-14-26-32-20(2)27(28(36)23-10-6-5-7-11-23)30(37)35(26)19-21-15-17-22(18-16-21)24-12-8-9-13-25(24)29-33-31(38)39-34-29/h5-13,15-18,28,30,36-37H,3-4,14,19H2,1-2H3,(H,33,34,38). The molecule has 0 fully saturated rings. The molecule has 200 valence electrons. The van der Waals surface area contributed by atoms with Crippen molar-refractivity contribution in [2.75, 3.05) is 0 Å². The molecule has 1 aliphatic heterocycles. The van der Waals surface area contributed by atoms with Crippen LogP contribution in [-0.4, -0.2) is 37.3 Å². The molecular formula is C31H32N4O4. The number of aliphatic hydroxyl groups excluding tert-OH is 2. The number of allylic oxidation sites excluding steroid dienone is 1. The molecular weight excluding hydrogens is 492 g/mol. The lowest BCUT2D eigenvalue weighted by atomic mass is 9.95. The van der Waals surface area contributed by atoms with Gasteiger partial charge in [-0.3, -0.25) is 9.51 Å². The third kappa shape index (κ3) is 5.62. The second-order valence-electron chi connectivity index (χ2n) is 9.67. The van der Waals surface area contributed by atoms with Crippen LogP contribution in [0.15, 0.2) is 104 Å². The molecule has 2 heterocycles. The Kier molecular flexibility index (Phi) is 7.86. The number of aliphatic hydroxyl groups is 2. The predicted octanol–water partition coefficient (Wildman–Crippen LogP) is 5.43. The van der Waals surface area contributed by atoms with E-state index in [1.54, 1.807) is 0 Å². The van der Waals surface area contributed by atoms with Gasteiger partial charge in [0.1, 0.15) is 11.9 Å². The summed E-state index contributed by atoms with van der Waals surface area (Å²) in [6, 6.07) is 25.0. The summed E-state index contributed by atoms with van der Waals surface area (Å²) in [6.07, 6.45) is 0.735. The molecule has 2 atom stereocenters. The lowest BCUT2D eigenvalue weighted by Gasteiger charge is -2.38. The van der Waals surface area contributed by atoms with Gasteiger partial charge in [0.15, 0.2) is 12.1 Å². The first kappa shape index (κ1) is 26.3. The van der Waals surface area contributed by atoms with Crippen molar-refractivity contribution in [2.45, 2.75) is 52.0 Å². The van der Waals surface area contributed by atoms with Gasteiger partial charge in [-0.2, -0.15) is 0 Å². The molecule has 0 amide bonds. The molecule has 3 N–H and O–H groups in total. The highest BCUT2D eigenvalue weighted by molar-refractivity contribution is 5.85. The van der Waals surface area contributed by atoms with E-state index in [2.05, 4.69) is 17.1 Å². The Labute approximate surface area is 227 Å². The van der Waals surface area contributed by atoms with Crippen LogP contribution in [0.3, 0.4) is 0 Å². The summed E-state index contributed by atoms with van der Waals surface area (Å²) in [5.74, 6) is 0.589. The van der Waals surface area contributed by atoms with Crippen molar-refractivity contribution in [1.82, 2.24) is 15.0 Å². The van der Waals surface area contributed by atoms with Gasteiger partial charge in [0.2, 0.25) is 0 Å². The molecule has 0 bridgehead atoms. The van der Waals surface area contributed by atoms with Crippen molar-refractivity contribution in [3.05, 3.63) is 112 Å². The van der Waals surface area contributed by atoms with Crippen LogP contribution >= 0.6 is 0 Å². The molecule has 0 spiro atoms. The van der Waals surface area contributed by atoms with Gasteiger partial charge in [0, 0.05) is 29.8 Å². The summed E-state index contributed by atoms with van der Waals surface area (Å²) in [4.78, 5) is 20.8. The van der Waals surface area contributed by atoms with Crippen LogP contribution in [0.25, 0.3) is 22.5 Å². The number of aromatic amines is 1. The number of unbranched alkanes of at least 4 members (excludes halogenated alkanes) is 1. The second kappa shape index (κ2) is 11.6. The molecule has 8 nitrogen and oxygen atoms in total. The SMILES string of the molecule is CCCCC1=NC(C)=C(C(O)c2ccccc2)C(O)N1Cc1ccc(-c2ccccc2-c2noc(=O)[nH]2)cc1. The van der Waals surface area contributed by atoms with Crippen LogP contribution in [-0.2, 0) is 6.54 Å². The van der Waals surface area contributed by atoms with Crippen molar-refractivity contribution < 1.29 is 14.7 Å². The summed E-state index contributed by atoms with van der Waals surface area (Å²) >= 11 is 0. The number of aliphatic imine (C=N–C) groups is 1. The van der Waals surface area contributed by atoms with Crippen molar-refractivity contribution in [3.8, 4) is 22.5 Å². The van der Waals surface area contributed by atoms with Gasteiger partial charge in [-0.05, 0) is 35.6 Å². The molecule has 1 aliphatic rings. The Morgan fingerprint density at radius 3 is 2.36 bits per heavy atom. The van der Waals surface area contributed by atoms with Crippen LogP contribution in [0, 0.1) is 0 Å². The Morgan fingerprint density at radius 2 is 1.69 bits per heavy atom. The molecule has 2 unspecified atom stereocenters. The Bertz CT molecular complexity index is 1540. The van der Waals surface area contributed by atoms with Crippen LogP contribution in [0.1, 0.15) is 50.3 Å². The lowest BCUT2D eigenvalue weighted by molar-refractivity contribution is 0.0476. The summed E-state index contributed by atoms with van der Waals surface area (Å²) in [5, 5.41) is 26.6. The molecule has 8 heteroatoms. The van der Waals surface area contributed by atoms with Crippen molar-refractivity contribution in [1.29, 1.82) is 0 Å². The van der Waals surface area contributed by atoms with Gasteiger partial charge in [0.25, 0.3) is 0 Å². The minimum atomic E-state index is -1.01. The molecule has 0 saturated heterocycles. The molecule has 3 aromatic carbocycles. The first-order chi connectivity index (χ1) is 19.0. The van der Waals surface area contributed by atoms with Gasteiger partial charge >= 0.3 is 5.76 Å². The maximum Gasteiger partial charge on any atom is 0.439 e. The van der Waals surface area contributed by atoms with E-state index >= 15 is 0 Å². The number of nitrogens with zero attached hydrogens (tertiary/aromatic N) is 3. The average molecular weight is 525 g/mol. The molecule has 0 saturated carbocycles. The number of benzene rings is 3. The largest absolute Gasteiger partial charge is 0.439 e. The summed E-state index contributed by atoms with van der Waals surface area (Å²) in [6.45, 7) is 4.41. The fourth-order valence-corrected chi connectivity index (χ4v) is 4.96. The average Bonchev–Trinajstić information content (AvgIpc) is 3.40. The summed E-state index contributed by atoms with van der Waals surface area (Å²) in [5.41, 5.74) is 5.47. The van der Waals surface area contributed by atoms with Crippen molar-refractivity contribution in [2.24, 2.45) is 4.99 Å². The number of aromatic nitrogens is 2. The molecule has 4 aromatic rings. The van der Waals surface area contributed by atoms with E-state index in [0.29, 0.717) is 23.6 Å². The van der Waals surface area contributed by atoms with E-state index in [1.165, 1.54) is 0 Å². The predicted molar refractivity (Wildman–Crippen MR) is 151 cm³/mol. The first-order valence-electron chi connectivity index (χ1n) is 13.2. The normalized spacial score (nSPS) is 16.4. The summed E-state index contributed by atoms with van der Waals surface area (Å²) in [7, 11) is 0. The van der Waals surface area contributed by atoms with E-state index in [4.69, 9.17) is 9.52 Å². The first-order valence-corrected chi connectivity index (χ1v) is 13.2. The van der Waals surface area contributed by atoms with Crippen molar-refractivity contribution in [3.63, 3.8) is 0 Å². The van der Waals surface area contributed by atoms with Crippen molar-refractivity contribution >= 4 is 5.84 Å². The zero-order valence-corrected chi connectivity index (χ0v) is 22.0. The molecule has 1 aromatic heterocycles. The Morgan fingerprint density at radius 1 is 1.00 bits per heavy atom. The van der Waals surface area contributed by atoms with E-state index in [-0.39, 0.29) is 0 Å². The highest BCUT2D eigenvalue weighted by Crippen LogP contribution is 2.34. The van der Waals surface area contributed by atoms with E-state index in [1.807, 2.05) is 90.7 Å². The fraction of sp³-hybridized carbons (Fsp3) is 0.258. The number of H-pyrrole nitrogens is 1. The van der Waals surface area contributed by atoms with Crippen LogP contribution in [0.2, 0.25) is 0 Å². The minimum Gasteiger partial charge on any atom is -0.384 e. The molecule has 0 aliphatic carbocycles. The van der Waals surface area contributed by atoms with E-state index in [9.17, 15) is 15.0 Å². The molecule has 0 radical (unpaired) electrons. The van der Waals surface area contributed by atoms with Gasteiger partial charge in [-0.1, -0.05) is 97.4 Å². The van der Waals surface area contributed by atoms with Crippen LogP contribution in [0.5, 0.6) is 0 Å². The quantitative estimate of drug-likeness (QED) is 0.269. The monoisotopic (exact) mass is 524 g/mol. The topological polar surface area (TPSA) is 115 Å². The number of hydrogen-bond donors (Lipinski definition) is 3. The van der Waals surface area contributed by atoms with Gasteiger partial charge < -0.3 is 15.1 Å². The smallest absolute Gasteiger partial charge is 0.384 e. The third-order valence-electron chi connectivity index (χ3n) is 7.02. The number of amidine groups is 1. The molecule has 5 rings (SSSR count). The minimum absolute atomic E-state index is 0.375. The molecule has 39 heavy (non-hydrogen) atoms. The third-order valence-corrected chi connectivity index (χ3v) is 7.02.